The van der Waals surface area contributed by atoms with Gasteiger partial charge >= 0.3 is 0 Å². The SMILES string of the molecule is CCNC(=S)N(C)Cc1ccc(F)cc1. The molecule has 1 rings (SSSR count). The van der Waals surface area contributed by atoms with E-state index in [1.165, 1.54) is 12.1 Å². The van der Waals surface area contributed by atoms with Gasteiger partial charge in [-0.25, -0.2) is 4.39 Å². The fourth-order valence-electron chi connectivity index (χ4n) is 1.22. The van der Waals surface area contributed by atoms with Gasteiger partial charge in [-0.2, -0.15) is 0 Å². The maximum atomic E-state index is 12.7. The summed E-state index contributed by atoms with van der Waals surface area (Å²) >= 11 is 5.14. The largest absolute Gasteiger partial charge is 0.363 e. The number of nitrogens with one attached hydrogen (secondary N) is 1. The van der Waals surface area contributed by atoms with Crippen LogP contribution in [-0.4, -0.2) is 23.6 Å². The van der Waals surface area contributed by atoms with E-state index in [0.717, 1.165) is 12.1 Å². The van der Waals surface area contributed by atoms with Crippen LogP contribution in [0.5, 0.6) is 0 Å². The number of rotatable bonds is 3. The minimum absolute atomic E-state index is 0.212. The van der Waals surface area contributed by atoms with Gasteiger partial charge in [-0.3, -0.25) is 0 Å². The number of halogens is 1. The quantitative estimate of drug-likeness (QED) is 0.795. The molecule has 0 aliphatic heterocycles. The molecule has 1 aromatic carbocycles. The summed E-state index contributed by atoms with van der Waals surface area (Å²) in [4.78, 5) is 1.92. The van der Waals surface area contributed by atoms with Crippen LogP contribution in [0.25, 0.3) is 0 Å². The molecule has 0 unspecified atom stereocenters. The molecule has 15 heavy (non-hydrogen) atoms. The molecule has 0 heterocycles. The fraction of sp³-hybridized carbons (Fsp3) is 0.364. The predicted octanol–water partition coefficient (Wildman–Crippen LogP) is 2.15. The summed E-state index contributed by atoms with van der Waals surface area (Å²) in [7, 11) is 1.91. The van der Waals surface area contributed by atoms with Crippen LogP contribution < -0.4 is 5.32 Å². The molecule has 0 atom stereocenters. The minimum Gasteiger partial charge on any atom is -0.363 e. The van der Waals surface area contributed by atoms with Crippen molar-refractivity contribution in [3.05, 3.63) is 35.6 Å². The van der Waals surface area contributed by atoms with Gasteiger partial charge in [0.15, 0.2) is 5.11 Å². The van der Waals surface area contributed by atoms with Crippen LogP contribution in [0.2, 0.25) is 0 Å². The number of thiocarbonyl (C=S) groups is 1. The predicted molar refractivity (Wildman–Crippen MR) is 64.1 cm³/mol. The van der Waals surface area contributed by atoms with Crippen molar-refractivity contribution in [3.63, 3.8) is 0 Å². The van der Waals surface area contributed by atoms with Crippen LogP contribution in [0.4, 0.5) is 4.39 Å². The second-order valence-corrected chi connectivity index (χ2v) is 3.70. The van der Waals surface area contributed by atoms with Gasteiger partial charge in [-0.1, -0.05) is 12.1 Å². The summed E-state index contributed by atoms with van der Waals surface area (Å²) < 4.78 is 12.7. The Hall–Kier alpha value is -1.16. The highest BCUT2D eigenvalue weighted by molar-refractivity contribution is 7.80. The molecule has 0 aliphatic rings. The van der Waals surface area contributed by atoms with E-state index in [1.54, 1.807) is 12.1 Å². The van der Waals surface area contributed by atoms with Gasteiger partial charge in [0.05, 0.1) is 0 Å². The van der Waals surface area contributed by atoms with E-state index in [-0.39, 0.29) is 5.82 Å². The molecule has 4 heteroatoms. The lowest BCUT2D eigenvalue weighted by Crippen LogP contribution is -2.36. The van der Waals surface area contributed by atoms with Gasteiger partial charge < -0.3 is 10.2 Å². The zero-order valence-corrected chi connectivity index (χ0v) is 9.77. The summed E-state index contributed by atoms with van der Waals surface area (Å²) in [6.07, 6.45) is 0. The van der Waals surface area contributed by atoms with E-state index < -0.39 is 0 Å². The normalized spacial score (nSPS) is 9.80. The summed E-state index contributed by atoms with van der Waals surface area (Å²) in [6.45, 7) is 3.50. The van der Waals surface area contributed by atoms with E-state index in [2.05, 4.69) is 5.32 Å². The van der Waals surface area contributed by atoms with Crippen LogP contribution in [0.1, 0.15) is 12.5 Å². The van der Waals surface area contributed by atoms with E-state index >= 15 is 0 Å². The van der Waals surface area contributed by atoms with Crippen LogP contribution >= 0.6 is 12.2 Å². The van der Waals surface area contributed by atoms with Crippen molar-refractivity contribution in [2.24, 2.45) is 0 Å². The molecule has 0 saturated carbocycles. The molecule has 1 aromatic rings. The standard InChI is InChI=1S/C11H15FN2S/c1-3-13-11(15)14(2)8-9-4-6-10(12)7-5-9/h4-7H,3,8H2,1-2H3,(H,13,15). The van der Waals surface area contributed by atoms with Gasteiger partial charge in [-0.15, -0.1) is 0 Å². The Balaban J connectivity index is 2.54. The third kappa shape index (κ3) is 3.83. The number of hydrogen-bond acceptors (Lipinski definition) is 1. The lowest BCUT2D eigenvalue weighted by molar-refractivity contribution is 0.490. The zero-order valence-electron chi connectivity index (χ0n) is 8.96. The van der Waals surface area contributed by atoms with E-state index in [0.29, 0.717) is 11.7 Å². The van der Waals surface area contributed by atoms with Crippen molar-refractivity contribution >= 4 is 17.3 Å². The zero-order chi connectivity index (χ0) is 11.3. The highest BCUT2D eigenvalue weighted by atomic mass is 32.1. The first-order valence-electron chi connectivity index (χ1n) is 4.87. The van der Waals surface area contributed by atoms with Crippen molar-refractivity contribution in [2.75, 3.05) is 13.6 Å². The average Bonchev–Trinajstić information content (AvgIpc) is 2.22. The number of nitrogens with zero attached hydrogens (tertiary/aromatic N) is 1. The molecule has 0 fully saturated rings. The molecule has 2 nitrogen and oxygen atoms in total. The molecule has 1 N–H and O–H groups in total. The fourth-order valence-corrected chi connectivity index (χ4v) is 1.43. The molecule has 0 saturated heterocycles. The third-order valence-electron chi connectivity index (χ3n) is 2.01. The summed E-state index contributed by atoms with van der Waals surface area (Å²) in [6, 6.07) is 6.44. The Bertz CT molecular complexity index is 324. The lowest BCUT2D eigenvalue weighted by atomic mass is 10.2. The topological polar surface area (TPSA) is 15.3 Å². The monoisotopic (exact) mass is 226 g/mol. The first kappa shape index (κ1) is 11.9. The van der Waals surface area contributed by atoms with Crippen molar-refractivity contribution in [2.45, 2.75) is 13.5 Å². The molecule has 0 bridgehead atoms. The van der Waals surface area contributed by atoms with Crippen molar-refractivity contribution < 1.29 is 4.39 Å². The molecular weight excluding hydrogens is 211 g/mol. The Kier molecular flexibility index (Phi) is 4.49. The maximum absolute atomic E-state index is 12.7. The second kappa shape index (κ2) is 5.66. The van der Waals surface area contributed by atoms with Crippen molar-refractivity contribution in [1.29, 1.82) is 0 Å². The summed E-state index contributed by atoms with van der Waals surface area (Å²) in [5.41, 5.74) is 1.04. The van der Waals surface area contributed by atoms with Crippen molar-refractivity contribution in [1.82, 2.24) is 10.2 Å². The summed E-state index contributed by atoms with van der Waals surface area (Å²) in [5, 5.41) is 3.77. The smallest absolute Gasteiger partial charge is 0.168 e. The Morgan fingerprint density at radius 1 is 1.40 bits per heavy atom. The van der Waals surface area contributed by atoms with Gasteiger partial charge in [0.1, 0.15) is 5.82 Å². The molecule has 0 spiro atoms. The van der Waals surface area contributed by atoms with Crippen molar-refractivity contribution in [3.8, 4) is 0 Å². The maximum Gasteiger partial charge on any atom is 0.168 e. The molecule has 0 aliphatic carbocycles. The van der Waals surface area contributed by atoms with Crippen LogP contribution in [-0.2, 0) is 6.54 Å². The molecule has 0 aromatic heterocycles. The van der Waals surface area contributed by atoms with Crippen LogP contribution in [0, 0.1) is 5.82 Å². The Morgan fingerprint density at radius 2 is 2.00 bits per heavy atom. The van der Waals surface area contributed by atoms with Gasteiger partial charge in [0.25, 0.3) is 0 Å². The highest BCUT2D eigenvalue weighted by Crippen LogP contribution is 2.05. The van der Waals surface area contributed by atoms with Gasteiger partial charge in [0, 0.05) is 20.1 Å². The first-order valence-corrected chi connectivity index (χ1v) is 5.27. The van der Waals surface area contributed by atoms with Crippen LogP contribution in [0.15, 0.2) is 24.3 Å². The first-order chi connectivity index (χ1) is 7.13. The second-order valence-electron chi connectivity index (χ2n) is 3.32. The average molecular weight is 226 g/mol. The van der Waals surface area contributed by atoms with Gasteiger partial charge in [-0.05, 0) is 36.8 Å². The van der Waals surface area contributed by atoms with Crippen LogP contribution in [0.3, 0.4) is 0 Å². The minimum atomic E-state index is -0.212. The molecule has 82 valence electrons. The summed E-state index contributed by atoms with van der Waals surface area (Å²) in [5.74, 6) is -0.212. The Labute approximate surface area is 95.1 Å². The number of hydrogen-bond donors (Lipinski definition) is 1. The highest BCUT2D eigenvalue weighted by Gasteiger charge is 2.03. The third-order valence-corrected chi connectivity index (χ3v) is 2.46. The van der Waals surface area contributed by atoms with E-state index in [9.17, 15) is 4.39 Å². The molecule has 0 amide bonds. The lowest BCUT2D eigenvalue weighted by Gasteiger charge is -2.20. The van der Waals surface area contributed by atoms with E-state index in [1.807, 2.05) is 18.9 Å². The van der Waals surface area contributed by atoms with Gasteiger partial charge in [0.2, 0.25) is 0 Å². The molecule has 0 radical (unpaired) electrons. The Morgan fingerprint density at radius 3 is 2.53 bits per heavy atom. The van der Waals surface area contributed by atoms with E-state index in [4.69, 9.17) is 12.2 Å². The molecular formula is C11H15FN2S. The number of benzene rings is 1.